The zero-order valence-corrected chi connectivity index (χ0v) is 17.5. The number of nitrogens with zero attached hydrogens (tertiary/aromatic N) is 1. The van der Waals surface area contributed by atoms with E-state index < -0.39 is 0 Å². The van der Waals surface area contributed by atoms with Gasteiger partial charge in [-0.05, 0) is 49.9 Å². The van der Waals surface area contributed by atoms with Crippen molar-refractivity contribution in [2.24, 2.45) is 0 Å². The molecule has 5 rings (SSSR count). The van der Waals surface area contributed by atoms with E-state index in [2.05, 4.69) is 10.5 Å². The summed E-state index contributed by atoms with van der Waals surface area (Å²) in [5.74, 6) is 1.43. The molecule has 0 unspecified atom stereocenters. The highest BCUT2D eigenvalue weighted by molar-refractivity contribution is 6.01. The van der Waals surface area contributed by atoms with E-state index in [4.69, 9.17) is 9.26 Å². The molecule has 1 aliphatic carbocycles. The molecule has 1 aromatic heterocycles. The van der Waals surface area contributed by atoms with E-state index in [0.717, 1.165) is 39.4 Å². The van der Waals surface area contributed by atoms with Gasteiger partial charge in [-0.15, -0.1) is 0 Å². The Morgan fingerprint density at radius 3 is 2.71 bits per heavy atom. The zero-order valence-electron chi connectivity index (χ0n) is 17.5. The predicted octanol–water partition coefficient (Wildman–Crippen LogP) is 5.05. The van der Waals surface area contributed by atoms with Crippen molar-refractivity contribution < 1.29 is 19.2 Å². The van der Waals surface area contributed by atoms with Crippen molar-refractivity contribution in [1.29, 1.82) is 0 Å². The van der Waals surface area contributed by atoms with E-state index in [0.29, 0.717) is 25.3 Å². The largest absolute Gasteiger partial charge is 0.508 e. The summed E-state index contributed by atoms with van der Waals surface area (Å²) in [7, 11) is 0. The van der Waals surface area contributed by atoms with Gasteiger partial charge >= 0.3 is 0 Å². The summed E-state index contributed by atoms with van der Waals surface area (Å²) in [5, 5.41) is 17.1. The maximum absolute atomic E-state index is 13.5. The number of nitrogens with one attached hydrogen (secondary N) is 1. The lowest BCUT2D eigenvalue weighted by molar-refractivity contribution is -0.116. The van der Waals surface area contributed by atoms with Gasteiger partial charge in [0.25, 0.3) is 0 Å². The van der Waals surface area contributed by atoms with Gasteiger partial charge in [-0.2, -0.15) is 0 Å². The summed E-state index contributed by atoms with van der Waals surface area (Å²) >= 11 is 0. The molecule has 0 amide bonds. The lowest BCUT2D eigenvalue weighted by Crippen LogP contribution is -2.29. The van der Waals surface area contributed by atoms with Gasteiger partial charge < -0.3 is 19.7 Å². The van der Waals surface area contributed by atoms with Crippen molar-refractivity contribution in [2.75, 3.05) is 11.9 Å². The highest BCUT2D eigenvalue weighted by Gasteiger charge is 2.42. The van der Waals surface area contributed by atoms with Gasteiger partial charge in [-0.1, -0.05) is 35.5 Å². The number of ether oxygens (including phenoxy) is 1. The van der Waals surface area contributed by atoms with Crippen LogP contribution in [0, 0.1) is 6.92 Å². The Labute approximate surface area is 180 Å². The number of carbonyl (C=O) groups is 1. The van der Waals surface area contributed by atoms with Crippen molar-refractivity contribution in [1.82, 2.24) is 5.16 Å². The number of carbonyl (C=O) groups excluding carboxylic acids is 1. The van der Waals surface area contributed by atoms with Gasteiger partial charge in [0.1, 0.15) is 11.5 Å². The molecule has 0 radical (unpaired) electrons. The quantitative estimate of drug-likeness (QED) is 0.619. The highest BCUT2D eigenvalue weighted by Crippen LogP contribution is 2.50. The first kappa shape index (κ1) is 19.4. The van der Waals surface area contributed by atoms with Crippen molar-refractivity contribution in [3.63, 3.8) is 0 Å². The van der Waals surface area contributed by atoms with Crippen LogP contribution in [0.5, 0.6) is 11.5 Å². The van der Waals surface area contributed by atoms with E-state index in [9.17, 15) is 9.90 Å². The first-order chi connectivity index (χ1) is 15.1. The van der Waals surface area contributed by atoms with Crippen LogP contribution in [-0.4, -0.2) is 22.7 Å². The number of aromatic hydroxyl groups is 1. The van der Waals surface area contributed by atoms with Gasteiger partial charge in [0.05, 0.1) is 23.8 Å². The van der Waals surface area contributed by atoms with Crippen molar-refractivity contribution in [2.45, 2.75) is 38.5 Å². The second kappa shape index (κ2) is 7.61. The van der Waals surface area contributed by atoms with Crippen LogP contribution < -0.4 is 10.1 Å². The Kier molecular flexibility index (Phi) is 4.77. The maximum Gasteiger partial charge on any atom is 0.233 e. The smallest absolute Gasteiger partial charge is 0.233 e. The van der Waals surface area contributed by atoms with Crippen molar-refractivity contribution in [3.8, 4) is 11.5 Å². The molecule has 0 saturated carbocycles. The van der Waals surface area contributed by atoms with Gasteiger partial charge in [-0.3, -0.25) is 4.79 Å². The first-order valence-corrected chi connectivity index (χ1v) is 10.6. The number of aryl methyl sites for hydroxylation is 1. The normalized spacial score (nSPS) is 20.1. The fourth-order valence-electron chi connectivity index (χ4n) is 4.77. The molecular weight excluding hydrogens is 392 g/mol. The fraction of sp³-hybridized carbons (Fsp3) is 0.280. The molecule has 6 nitrogen and oxygen atoms in total. The van der Waals surface area contributed by atoms with Crippen LogP contribution in [-0.2, 0) is 4.79 Å². The number of fused-ring (bicyclic) bond motifs is 1. The minimum Gasteiger partial charge on any atom is -0.508 e. The summed E-state index contributed by atoms with van der Waals surface area (Å²) in [6.45, 7) is 4.40. The zero-order chi connectivity index (χ0) is 21.5. The number of anilines is 1. The minimum absolute atomic E-state index is 0.0349. The van der Waals surface area contributed by atoms with Crippen LogP contribution in [0.2, 0.25) is 0 Å². The third-order valence-electron chi connectivity index (χ3n) is 6.15. The van der Waals surface area contributed by atoms with E-state index in [1.165, 1.54) is 0 Å². The highest BCUT2D eigenvalue weighted by atomic mass is 16.5. The molecule has 1 aliphatic heterocycles. The third-order valence-corrected chi connectivity index (χ3v) is 6.15. The number of para-hydroxylation sites is 1. The third kappa shape index (κ3) is 3.28. The SMILES string of the molecule is CCOc1ccccc1[C@@H]1C2=C(C[C@H](c3ccc(O)cc3)CC2=O)Nc2onc(C)c21. The molecule has 0 saturated heterocycles. The Bertz CT molecular complexity index is 1180. The molecule has 6 heteroatoms. The fourth-order valence-corrected chi connectivity index (χ4v) is 4.77. The molecule has 158 valence electrons. The summed E-state index contributed by atoms with van der Waals surface area (Å²) < 4.78 is 11.5. The molecule has 2 heterocycles. The Morgan fingerprint density at radius 1 is 1.16 bits per heavy atom. The summed E-state index contributed by atoms with van der Waals surface area (Å²) in [5.41, 5.74) is 5.27. The van der Waals surface area contributed by atoms with Crippen molar-refractivity contribution in [3.05, 3.63) is 82.2 Å². The molecule has 2 atom stereocenters. The van der Waals surface area contributed by atoms with Crippen LogP contribution in [0.25, 0.3) is 0 Å². The summed E-state index contributed by atoms with van der Waals surface area (Å²) in [6.07, 6.45) is 1.09. The van der Waals surface area contributed by atoms with E-state index in [1.807, 2.05) is 50.2 Å². The number of ketones is 1. The molecule has 0 bridgehead atoms. The second-order valence-electron chi connectivity index (χ2n) is 8.05. The summed E-state index contributed by atoms with van der Waals surface area (Å²) in [4.78, 5) is 13.5. The van der Waals surface area contributed by atoms with Gasteiger partial charge in [0.2, 0.25) is 5.88 Å². The minimum atomic E-state index is -0.284. The van der Waals surface area contributed by atoms with Crippen LogP contribution in [0.15, 0.2) is 64.3 Å². The molecule has 31 heavy (non-hydrogen) atoms. The van der Waals surface area contributed by atoms with Gasteiger partial charge in [0.15, 0.2) is 5.78 Å². The maximum atomic E-state index is 13.5. The number of hydrogen-bond acceptors (Lipinski definition) is 6. The molecule has 2 N–H and O–H groups in total. The van der Waals surface area contributed by atoms with Crippen molar-refractivity contribution >= 4 is 11.7 Å². The molecule has 2 aromatic carbocycles. The monoisotopic (exact) mass is 416 g/mol. The Morgan fingerprint density at radius 2 is 1.94 bits per heavy atom. The summed E-state index contributed by atoms with van der Waals surface area (Å²) in [6, 6.07) is 15.0. The van der Waals surface area contributed by atoms with E-state index in [-0.39, 0.29) is 23.4 Å². The topological polar surface area (TPSA) is 84.6 Å². The number of benzene rings is 2. The second-order valence-corrected chi connectivity index (χ2v) is 8.05. The van der Waals surface area contributed by atoms with Gasteiger partial charge in [0, 0.05) is 23.3 Å². The van der Waals surface area contributed by atoms with Crippen LogP contribution in [0.4, 0.5) is 5.88 Å². The van der Waals surface area contributed by atoms with E-state index >= 15 is 0 Å². The lowest BCUT2D eigenvalue weighted by atomic mass is 9.72. The number of phenolic OH excluding ortho intramolecular Hbond substituents is 1. The number of Topliss-reactive ketones (excluding diaryl/α,β-unsaturated/α-hetero) is 1. The average molecular weight is 416 g/mol. The van der Waals surface area contributed by atoms with Crippen LogP contribution in [0.1, 0.15) is 54.0 Å². The lowest BCUT2D eigenvalue weighted by Gasteiger charge is -2.35. The Balaban J connectivity index is 1.63. The molecule has 3 aromatic rings. The number of allylic oxidation sites excluding steroid dienone is 2. The molecule has 0 fully saturated rings. The average Bonchev–Trinajstić information content (AvgIpc) is 3.14. The number of rotatable bonds is 4. The van der Waals surface area contributed by atoms with E-state index in [1.54, 1.807) is 12.1 Å². The number of phenols is 1. The predicted molar refractivity (Wildman–Crippen MR) is 116 cm³/mol. The molecule has 2 aliphatic rings. The molecule has 0 spiro atoms. The molecular formula is C25H24N2O4. The standard InChI is InChI=1S/C25H24N2O4/c1-3-30-21-7-5-4-6-18(21)23-22-14(2)27-31-25(22)26-19-12-16(13-20(29)24(19)23)15-8-10-17(28)11-9-15/h4-11,16,23,26,28H,3,12-13H2,1-2H3/t16-,23-/m0/s1. The Hall–Kier alpha value is -3.54. The van der Waals surface area contributed by atoms with Crippen LogP contribution in [0.3, 0.4) is 0 Å². The van der Waals surface area contributed by atoms with Crippen LogP contribution >= 0.6 is 0 Å². The number of aromatic nitrogens is 1. The van der Waals surface area contributed by atoms with Gasteiger partial charge in [-0.25, -0.2) is 0 Å². The number of hydrogen-bond donors (Lipinski definition) is 2. The first-order valence-electron chi connectivity index (χ1n) is 10.6.